The SMILES string of the molecule is Cl.NCC1CCCCN1C(=O)c1ccc2c(c1)OCCCO2. The monoisotopic (exact) mass is 326 g/mol. The van der Waals surface area contributed by atoms with Crippen LogP contribution in [0.3, 0.4) is 0 Å². The number of carbonyl (C=O) groups is 1. The molecule has 1 unspecified atom stereocenters. The molecule has 1 aromatic carbocycles. The lowest BCUT2D eigenvalue weighted by Crippen LogP contribution is -2.47. The first-order chi connectivity index (χ1) is 10.3. The zero-order valence-corrected chi connectivity index (χ0v) is 13.4. The molecule has 1 saturated heterocycles. The third-order valence-corrected chi connectivity index (χ3v) is 4.15. The average molecular weight is 327 g/mol. The summed E-state index contributed by atoms with van der Waals surface area (Å²) in [6.45, 7) is 2.59. The molecular formula is C16H23ClN2O3. The summed E-state index contributed by atoms with van der Waals surface area (Å²) in [7, 11) is 0. The third-order valence-electron chi connectivity index (χ3n) is 4.15. The fraction of sp³-hybridized carbons (Fsp3) is 0.562. The minimum atomic E-state index is 0. The van der Waals surface area contributed by atoms with E-state index in [9.17, 15) is 4.79 Å². The molecule has 0 aliphatic carbocycles. The van der Waals surface area contributed by atoms with Crippen molar-refractivity contribution >= 4 is 18.3 Å². The molecule has 0 radical (unpaired) electrons. The van der Waals surface area contributed by atoms with E-state index in [1.807, 2.05) is 17.0 Å². The van der Waals surface area contributed by atoms with E-state index < -0.39 is 0 Å². The molecule has 1 amide bonds. The Hall–Kier alpha value is -1.46. The molecule has 1 fully saturated rings. The minimum Gasteiger partial charge on any atom is -0.490 e. The molecule has 2 aliphatic heterocycles. The van der Waals surface area contributed by atoms with Gasteiger partial charge in [0.25, 0.3) is 5.91 Å². The number of hydrogen-bond acceptors (Lipinski definition) is 4. The predicted molar refractivity (Wildman–Crippen MR) is 87.0 cm³/mol. The number of piperidine rings is 1. The quantitative estimate of drug-likeness (QED) is 0.905. The molecule has 2 N–H and O–H groups in total. The van der Waals surface area contributed by atoms with Crippen molar-refractivity contribution in [1.29, 1.82) is 0 Å². The number of amides is 1. The topological polar surface area (TPSA) is 64.8 Å². The van der Waals surface area contributed by atoms with E-state index in [1.54, 1.807) is 6.07 Å². The van der Waals surface area contributed by atoms with Gasteiger partial charge in [0, 0.05) is 31.1 Å². The second kappa shape index (κ2) is 7.70. The number of nitrogens with zero attached hydrogens (tertiary/aromatic N) is 1. The van der Waals surface area contributed by atoms with Crippen LogP contribution in [-0.4, -0.2) is 43.2 Å². The van der Waals surface area contributed by atoms with Crippen LogP contribution in [0, 0.1) is 0 Å². The molecule has 2 heterocycles. The smallest absolute Gasteiger partial charge is 0.254 e. The number of carbonyl (C=O) groups excluding carboxylic acids is 1. The van der Waals surface area contributed by atoms with Crippen LogP contribution in [0.1, 0.15) is 36.0 Å². The summed E-state index contributed by atoms with van der Waals surface area (Å²) in [5.41, 5.74) is 6.45. The van der Waals surface area contributed by atoms with E-state index in [0.717, 1.165) is 38.0 Å². The van der Waals surface area contributed by atoms with Crippen LogP contribution >= 0.6 is 12.4 Å². The lowest BCUT2D eigenvalue weighted by Gasteiger charge is -2.35. The molecule has 22 heavy (non-hydrogen) atoms. The van der Waals surface area contributed by atoms with Crippen LogP contribution < -0.4 is 15.2 Å². The zero-order valence-electron chi connectivity index (χ0n) is 12.6. The maximum atomic E-state index is 12.7. The molecule has 1 aromatic rings. The van der Waals surface area contributed by atoms with Crippen LogP contribution in [0.2, 0.25) is 0 Å². The van der Waals surface area contributed by atoms with Gasteiger partial charge in [-0.1, -0.05) is 0 Å². The lowest BCUT2D eigenvalue weighted by atomic mass is 10.0. The molecule has 0 aromatic heterocycles. The highest BCUT2D eigenvalue weighted by Gasteiger charge is 2.27. The van der Waals surface area contributed by atoms with Gasteiger partial charge in [-0.3, -0.25) is 4.79 Å². The van der Waals surface area contributed by atoms with Gasteiger partial charge in [-0.05, 0) is 37.5 Å². The second-order valence-corrected chi connectivity index (χ2v) is 5.60. The molecule has 3 rings (SSSR count). The fourth-order valence-electron chi connectivity index (χ4n) is 2.98. The highest BCUT2D eigenvalue weighted by Crippen LogP contribution is 2.31. The van der Waals surface area contributed by atoms with Crippen molar-refractivity contribution in [2.45, 2.75) is 31.7 Å². The van der Waals surface area contributed by atoms with Gasteiger partial charge in [0.05, 0.1) is 13.2 Å². The highest BCUT2D eigenvalue weighted by atomic mass is 35.5. The lowest BCUT2D eigenvalue weighted by molar-refractivity contribution is 0.0623. The van der Waals surface area contributed by atoms with Crippen molar-refractivity contribution in [2.75, 3.05) is 26.3 Å². The first kappa shape index (κ1) is 16.9. The van der Waals surface area contributed by atoms with Crippen molar-refractivity contribution in [2.24, 2.45) is 5.73 Å². The predicted octanol–water partition coefficient (Wildman–Crippen LogP) is 2.22. The van der Waals surface area contributed by atoms with Gasteiger partial charge >= 0.3 is 0 Å². The third kappa shape index (κ3) is 3.47. The number of rotatable bonds is 2. The normalized spacial score (nSPS) is 20.8. The Kier molecular flexibility index (Phi) is 5.91. The largest absolute Gasteiger partial charge is 0.490 e. The molecule has 1 atom stereocenters. The number of likely N-dealkylation sites (tertiary alicyclic amines) is 1. The van der Waals surface area contributed by atoms with Crippen LogP contribution in [-0.2, 0) is 0 Å². The molecule has 2 aliphatic rings. The Morgan fingerprint density at radius 1 is 1.18 bits per heavy atom. The van der Waals surface area contributed by atoms with Crippen molar-refractivity contribution in [3.05, 3.63) is 23.8 Å². The Morgan fingerprint density at radius 2 is 1.95 bits per heavy atom. The summed E-state index contributed by atoms with van der Waals surface area (Å²) in [6.07, 6.45) is 4.05. The van der Waals surface area contributed by atoms with Crippen LogP contribution in [0.5, 0.6) is 11.5 Å². The Labute approximate surface area is 137 Å². The molecule has 0 bridgehead atoms. The van der Waals surface area contributed by atoms with Gasteiger partial charge in [-0.25, -0.2) is 0 Å². The number of fused-ring (bicyclic) bond motifs is 1. The van der Waals surface area contributed by atoms with E-state index in [4.69, 9.17) is 15.2 Å². The van der Waals surface area contributed by atoms with E-state index >= 15 is 0 Å². The summed E-state index contributed by atoms with van der Waals surface area (Å²) >= 11 is 0. The number of halogens is 1. The van der Waals surface area contributed by atoms with Gasteiger partial charge in [0.2, 0.25) is 0 Å². The first-order valence-corrected chi connectivity index (χ1v) is 7.70. The Morgan fingerprint density at radius 3 is 2.73 bits per heavy atom. The number of nitrogens with two attached hydrogens (primary N) is 1. The summed E-state index contributed by atoms with van der Waals surface area (Å²) in [6, 6.07) is 5.60. The Bertz CT molecular complexity index is 524. The van der Waals surface area contributed by atoms with E-state index in [-0.39, 0.29) is 24.4 Å². The standard InChI is InChI=1S/C16H22N2O3.ClH/c17-11-13-4-1-2-7-18(13)16(19)12-5-6-14-15(10-12)21-9-3-8-20-14;/h5-6,10,13H,1-4,7-9,11,17H2;1H. The van der Waals surface area contributed by atoms with Crippen LogP contribution in [0.15, 0.2) is 18.2 Å². The van der Waals surface area contributed by atoms with Gasteiger partial charge in [-0.2, -0.15) is 0 Å². The zero-order chi connectivity index (χ0) is 14.7. The van der Waals surface area contributed by atoms with Crippen LogP contribution in [0.4, 0.5) is 0 Å². The molecule has 122 valence electrons. The summed E-state index contributed by atoms with van der Waals surface area (Å²) < 4.78 is 11.3. The maximum absolute atomic E-state index is 12.7. The molecule has 5 nitrogen and oxygen atoms in total. The van der Waals surface area contributed by atoms with Crippen molar-refractivity contribution < 1.29 is 14.3 Å². The average Bonchev–Trinajstić information content (AvgIpc) is 2.78. The molecule has 0 saturated carbocycles. The molecule has 0 spiro atoms. The van der Waals surface area contributed by atoms with Gasteiger partial charge in [0.1, 0.15) is 0 Å². The number of hydrogen-bond donors (Lipinski definition) is 1. The van der Waals surface area contributed by atoms with Crippen LogP contribution in [0.25, 0.3) is 0 Å². The second-order valence-electron chi connectivity index (χ2n) is 5.60. The number of ether oxygens (including phenoxy) is 2. The summed E-state index contributed by atoms with van der Waals surface area (Å²) in [5.74, 6) is 1.43. The van der Waals surface area contributed by atoms with Gasteiger partial charge < -0.3 is 20.1 Å². The highest BCUT2D eigenvalue weighted by molar-refractivity contribution is 5.95. The maximum Gasteiger partial charge on any atom is 0.254 e. The summed E-state index contributed by atoms with van der Waals surface area (Å²) in [5, 5.41) is 0. The minimum absolute atomic E-state index is 0. The van der Waals surface area contributed by atoms with Gasteiger partial charge in [0.15, 0.2) is 11.5 Å². The van der Waals surface area contributed by atoms with Crippen molar-refractivity contribution in [1.82, 2.24) is 4.90 Å². The van der Waals surface area contributed by atoms with Gasteiger partial charge in [-0.15, -0.1) is 12.4 Å². The van der Waals surface area contributed by atoms with Crippen molar-refractivity contribution in [3.63, 3.8) is 0 Å². The number of benzene rings is 1. The van der Waals surface area contributed by atoms with E-state index in [0.29, 0.717) is 31.1 Å². The molecular weight excluding hydrogens is 304 g/mol. The van der Waals surface area contributed by atoms with E-state index in [1.165, 1.54) is 0 Å². The fourth-order valence-corrected chi connectivity index (χ4v) is 2.98. The Balaban J connectivity index is 0.00000176. The first-order valence-electron chi connectivity index (χ1n) is 7.70. The van der Waals surface area contributed by atoms with E-state index in [2.05, 4.69) is 0 Å². The summed E-state index contributed by atoms with van der Waals surface area (Å²) in [4.78, 5) is 14.6. The molecule has 6 heteroatoms. The van der Waals surface area contributed by atoms with Crippen molar-refractivity contribution in [3.8, 4) is 11.5 Å².